The van der Waals surface area contributed by atoms with E-state index >= 15 is 0 Å². The third-order valence-corrected chi connectivity index (χ3v) is 4.75. The number of carbonyl (C=O) groups excluding carboxylic acids is 1. The molecule has 1 saturated heterocycles. The maximum Gasteiger partial charge on any atom is 0.224 e. The topological polar surface area (TPSA) is 58.1 Å². The number of aryl methyl sites for hydroxylation is 1. The van der Waals surface area contributed by atoms with Crippen LogP contribution in [0.3, 0.4) is 0 Å². The van der Waals surface area contributed by atoms with Crippen LogP contribution in [0, 0.1) is 0 Å². The number of anilines is 1. The van der Waals surface area contributed by atoms with Gasteiger partial charge in [-0.1, -0.05) is 42.5 Å². The summed E-state index contributed by atoms with van der Waals surface area (Å²) in [4.78, 5) is 23.2. The Labute approximate surface area is 153 Å². The quantitative estimate of drug-likeness (QED) is 0.744. The van der Waals surface area contributed by atoms with E-state index < -0.39 is 0 Å². The first-order valence-corrected chi connectivity index (χ1v) is 9.08. The molecule has 1 aliphatic rings. The van der Waals surface area contributed by atoms with Crippen LogP contribution in [0.15, 0.2) is 60.8 Å². The molecule has 0 aliphatic carbocycles. The van der Waals surface area contributed by atoms with Crippen molar-refractivity contribution in [3.05, 3.63) is 66.4 Å². The standard InChI is InChI=1S/C21H22N4O/c26-21-13-17(15-25(21)12-6-9-16-7-2-1-3-8-16)23-20-14-22-18-10-4-5-11-19(18)24-20/h1-5,7-8,10-11,14,17H,6,9,12-13,15H2,(H,23,24). The number of likely N-dealkylation sites (tertiary alicyclic amines) is 1. The molecule has 1 aromatic heterocycles. The number of fused-ring (bicyclic) bond motifs is 1. The zero-order valence-corrected chi connectivity index (χ0v) is 14.6. The molecule has 5 nitrogen and oxygen atoms in total. The van der Waals surface area contributed by atoms with Crippen LogP contribution in [-0.2, 0) is 11.2 Å². The Hall–Kier alpha value is -2.95. The Kier molecular flexibility index (Phi) is 4.78. The van der Waals surface area contributed by atoms with Crippen molar-refractivity contribution in [2.75, 3.05) is 18.4 Å². The molecule has 3 aromatic rings. The molecular formula is C21H22N4O. The van der Waals surface area contributed by atoms with E-state index in [0.29, 0.717) is 6.42 Å². The van der Waals surface area contributed by atoms with E-state index in [2.05, 4.69) is 39.6 Å². The van der Waals surface area contributed by atoms with E-state index in [-0.39, 0.29) is 11.9 Å². The zero-order valence-electron chi connectivity index (χ0n) is 14.6. The Morgan fingerprint density at radius 2 is 1.81 bits per heavy atom. The highest BCUT2D eigenvalue weighted by Gasteiger charge is 2.29. The van der Waals surface area contributed by atoms with Gasteiger partial charge in [-0.15, -0.1) is 0 Å². The monoisotopic (exact) mass is 346 g/mol. The first kappa shape index (κ1) is 16.5. The maximum absolute atomic E-state index is 12.3. The van der Waals surface area contributed by atoms with Crippen molar-refractivity contribution in [3.63, 3.8) is 0 Å². The van der Waals surface area contributed by atoms with Gasteiger partial charge in [-0.25, -0.2) is 4.98 Å². The lowest BCUT2D eigenvalue weighted by Crippen LogP contribution is -2.29. The van der Waals surface area contributed by atoms with Crippen molar-refractivity contribution in [2.24, 2.45) is 0 Å². The van der Waals surface area contributed by atoms with Gasteiger partial charge in [-0.2, -0.15) is 0 Å². The third-order valence-electron chi connectivity index (χ3n) is 4.75. The summed E-state index contributed by atoms with van der Waals surface area (Å²) in [7, 11) is 0. The Morgan fingerprint density at radius 1 is 1.04 bits per heavy atom. The fraction of sp³-hybridized carbons (Fsp3) is 0.286. The van der Waals surface area contributed by atoms with Gasteiger partial charge in [0.15, 0.2) is 0 Å². The number of carbonyl (C=O) groups is 1. The third kappa shape index (κ3) is 3.82. The molecule has 1 aliphatic heterocycles. The number of hydrogen-bond acceptors (Lipinski definition) is 4. The van der Waals surface area contributed by atoms with E-state index in [1.54, 1.807) is 6.20 Å². The molecule has 2 heterocycles. The van der Waals surface area contributed by atoms with E-state index in [9.17, 15) is 4.79 Å². The van der Waals surface area contributed by atoms with Crippen LogP contribution in [0.25, 0.3) is 11.0 Å². The zero-order chi connectivity index (χ0) is 17.8. The summed E-state index contributed by atoms with van der Waals surface area (Å²) in [6.07, 6.45) is 4.24. The van der Waals surface area contributed by atoms with E-state index in [4.69, 9.17) is 0 Å². The predicted molar refractivity (Wildman–Crippen MR) is 103 cm³/mol. The molecule has 0 bridgehead atoms. The average Bonchev–Trinajstić information content (AvgIpc) is 3.02. The molecule has 4 rings (SSSR count). The number of benzene rings is 2. The van der Waals surface area contributed by atoms with Crippen LogP contribution >= 0.6 is 0 Å². The molecule has 1 fully saturated rings. The van der Waals surface area contributed by atoms with Gasteiger partial charge in [0, 0.05) is 19.5 Å². The fourth-order valence-corrected chi connectivity index (χ4v) is 3.44. The van der Waals surface area contributed by atoms with Crippen LogP contribution in [0.1, 0.15) is 18.4 Å². The number of amides is 1. The van der Waals surface area contributed by atoms with Gasteiger partial charge in [-0.05, 0) is 30.5 Å². The fourth-order valence-electron chi connectivity index (χ4n) is 3.44. The first-order chi connectivity index (χ1) is 12.8. The number of hydrogen-bond donors (Lipinski definition) is 1. The molecule has 26 heavy (non-hydrogen) atoms. The van der Waals surface area contributed by atoms with E-state index in [1.807, 2.05) is 35.2 Å². The van der Waals surface area contributed by atoms with Crippen LogP contribution in [-0.4, -0.2) is 39.9 Å². The second kappa shape index (κ2) is 7.52. The van der Waals surface area contributed by atoms with Gasteiger partial charge in [0.25, 0.3) is 0 Å². The van der Waals surface area contributed by atoms with Crippen molar-refractivity contribution in [3.8, 4) is 0 Å². The molecule has 1 amide bonds. The molecule has 0 radical (unpaired) electrons. The molecule has 1 atom stereocenters. The Bertz CT molecular complexity index is 897. The highest BCUT2D eigenvalue weighted by Crippen LogP contribution is 2.18. The van der Waals surface area contributed by atoms with Crippen molar-refractivity contribution < 1.29 is 4.79 Å². The molecule has 2 aromatic carbocycles. The molecule has 132 valence electrons. The minimum Gasteiger partial charge on any atom is -0.364 e. The summed E-state index contributed by atoms with van der Waals surface area (Å²) in [5.74, 6) is 0.942. The van der Waals surface area contributed by atoms with Gasteiger partial charge < -0.3 is 10.2 Å². The highest BCUT2D eigenvalue weighted by atomic mass is 16.2. The molecule has 0 spiro atoms. The molecule has 5 heteroatoms. The van der Waals surface area contributed by atoms with Crippen LogP contribution in [0.5, 0.6) is 0 Å². The van der Waals surface area contributed by atoms with Crippen molar-refractivity contribution >= 4 is 22.8 Å². The molecule has 1 N–H and O–H groups in total. The second-order valence-electron chi connectivity index (χ2n) is 6.72. The lowest BCUT2D eigenvalue weighted by Gasteiger charge is -2.17. The first-order valence-electron chi connectivity index (χ1n) is 9.08. The summed E-state index contributed by atoms with van der Waals surface area (Å²) in [6.45, 7) is 1.53. The normalized spacial score (nSPS) is 17.0. The molecule has 0 saturated carbocycles. The second-order valence-corrected chi connectivity index (χ2v) is 6.72. The summed E-state index contributed by atoms with van der Waals surface area (Å²) in [6, 6.07) is 18.3. The van der Waals surface area contributed by atoms with Gasteiger partial charge in [0.1, 0.15) is 5.82 Å². The van der Waals surface area contributed by atoms with Gasteiger partial charge in [-0.3, -0.25) is 9.78 Å². The SMILES string of the molecule is O=C1CC(Nc2cnc3ccccc3n2)CN1CCCc1ccccc1. The van der Waals surface area contributed by atoms with Crippen molar-refractivity contribution in [1.29, 1.82) is 0 Å². The van der Waals surface area contributed by atoms with E-state index in [1.165, 1.54) is 5.56 Å². The van der Waals surface area contributed by atoms with Crippen molar-refractivity contribution in [2.45, 2.75) is 25.3 Å². The molecule has 1 unspecified atom stereocenters. The van der Waals surface area contributed by atoms with Gasteiger partial charge in [0.05, 0.1) is 23.3 Å². The Balaban J connectivity index is 1.32. The summed E-state index contributed by atoms with van der Waals surface area (Å²) < 4.78 is 0. The van der Waals surface area contributed by atoms with E-state index in [0.717, 1.165) is 42.8 Å². The largest absolute Gasteiger partial charge is 0.364 e. The average molecular weight is 346 g/mol. The number of para-hydroxylation sites is 2. The van der Waals surface area contributed by atoms with Crippen LogP contribution < -0.4 is 5.32 Å². The van der Waals surface area contributed by atoms with Crippen LogP contribution in [0.2, 0.25) is 0 Å². The molecular weight excluding hydrogens is 324 g/mol. The lowest BCUT2D eigenvalue weighted by atomic mass is 10.1. The number of nitrogens with zero attached hydrogens (tertiary/aromatic N) is 3. The predicted octanol–water partition coefficient (Wildman–Crippen LogP) is 3.28. The summed E-state index contributed by atoms with van der Waals surface area (Å²) in [5, 5.41) is 3.37. The van der Waals surface area contributed by atoms with Crippen molar-refractivity contribution in [1.82, 2.24) is 14.9 Å². The summed E-state index contributed by atoms with van der Waals surface area (Å²) in [5.41, 5.74) is 3.06. The maximum atomic E-state index is 12.3. The highest BCUT2D eigenvalue weighted by molar-refractivity contribution is 5.80. The number of aromatic nitrogens is 2. The van der Waals surface area contributed by atoms with Gasteiger partial charge in [0.2, 0.25) is 5.91 Å². The van der Waals surface area contributed by atoms with Gasteiger partial charge >= 0.3 is 0 Å². The number of rotatable bonds is 6. The lowest BCUT2D eigenvalue weighted by molar-refractivity contribution is -0.127. The minimum absolute atomic E-state index is 0.0923. The van der Waals surface area contributed by atoms with Crippen LogP contribution in [0.4, 0.5) is 5.82 Å². The number of nitrogens with one attached hydrogen (secondary N) is 1. The Morgan fingerprint density at radius 3 is 2.65 bits per heavy atom. The summed E-state index contributed by atoms with van der Waals surface area (Å²) >= 11 is 0. The smallest absolute Gasteiger partial charge is 0.224 e. The minimum atomic E-state index is 0.0923.